The van der Waals surface area contributed by atoms with Gasteiger partial charge in [-0.25, -0.2) is 0 Å². The zero-order valence-electron chi connectivity index (χ0n) is 13.1. The summed E-state index contributed by atoms with van der Waals surface area (Å²) in [6.07, 6.45) is 1.62. The third-order valence-electron chi connectivity index (χ3n) is 3.11. The van der Waals surface area contributed by atoms with Crippen molar-refractivity contribution >= 4 is 17.3 Å². The molecule has 0 fully saturated rings. The maximum atomic E-state index is 12.3. The lowest BCUT2D eigenvalue weighted by Crippen LogP contribution is -2.15. The van der Waals surface area contributed by atoms with Crippen molar-refractivity contribution in [2.75, 3.05) is 30.9 Å². The fourth-order valence-corrected chi connectivity index (χ4v) is 2.20. The minimum Gasteiger partial charge on any atom is -0.383 e. The minimum atomic E-state index is -0.222. The summed E-state index contributed by atoms with van der Waals surface area (Å²) in [4.78, 5) is 16.4. The molecule has 5 heteroatoms. The molecule has 2 aromatic rings. The van der Waals surface area contributed by atoms with Crippen LogP contribution in [0.1, 0.15) is 21.6 Å². The predicted molar refractivity (Wildman–Crippen MR) is 88.5 cm³/mol. The molecule has 1 heterocycles. The Labute approximate surface area is 130 Å². The number of carbonyl (C=O) groups excluding carboxylic acids is 1. The first-order valence-corrected chi connectivity index (χ1v) is 7.17. The molecular weight excluding hydrogens is 278 g/mol. The second-order valence-electron chi connectivity index (χ2n) is 5.18. The van der Waals surface area contributed by atoms with Crippen molar-refractivity contribution < 1.29 is 9.53 Å². The van der Waals surface area contributed by atoms with Crippen molar-refractivity contribution in [2.45, 2.75) is 13.8 Å². The van der Waals surface area contributed by atoms with E-state index in [-0.39, 0.29) is 5.91 Å². The van der Waals surface area contributed by atoms with Crippen molar-refractivity contribution in [2.24, 2.45) is 0 Å². The number of aromatic nitrogens is 1. The molecule has 5 nitrogen and oxygen atoms in total. The fourth-order valence-electron chi connectivity index (χ4n) is 2.20. The Morgan fingerprint density at radius 2 is 1.86 bits per heavy atom. The first-order chi connectivity index (χ1) is 10.6. The van der Waals surface area contributed by atoms with Crippen molar-refractivity contribution in [3.8, 4) is 0 Å². The Morgan fingerprint density at radius 1 is 1.14 bits per heavy atom. The van der Waals surface area contributed by atoms with Gasteiger partial charge in [0.05, 0.1) is 6.61 Å². The summed E-state index contributed by atoms with van der Waals surface area (Å²) < 4.78 is 4.99. The Hall–Kier alpha value is -2.40. The number of anilines is 2. The van der Waals surface area contributed by atoms with E-state index in [9.17, 15) is 4.79 Å². The molecule has 0 aliphatic rings. The standard InChI is InChI=1S/C17H21N3O2/c1-12-8-13(2)10-15(9-12)20-17(21)16-11-14(4-5-19-16)18-6-7-22-3/h4-5,8-11H,6-7H2,1-3H3,(H,18,19)(H,20,21). The molecule has 2 N–H and O–H groups in total. The molecule has 116 valence electrons. The number of hydrogen-bond donors (Lipinski definition) is 2. The Kier molecular flexibility index (Phi) is 5.49. The molecule has 0 aliphatic heterocycles. The van der Waals surface area contributed by atoms with Gasteiger partial charge < -0.3 is 15.4 Å². The van der Waals surface area contributed by atoms with Gasteiger partial charge in [0, 0.05) is 31.2 Å². The normalized spacial score (nSPS) is 10.3. The molecule has 0 spiro atoms. The molecule has 2 rings (SSSR count). The van der Waals surface area contributed by atoms with E-state index < -0.39 is 0 Å². The van der Waals surface area contributed by atoms with Crippen LogP contribution in [0, 0.1) is 13.8 Å². The molecular formula is C17H21N3O2. The van der Waals surface area contributed by atoms with E-state index in [0.29, 0.717) is 18.8 Å². The van der Waals surface area contributed by atoms with Gasteiger partial charge in [-0.2, -0.15) is 0 Å². The summed E-state index contributed by atoms with van der Waals surface area (Å²) >= 11 is 0. The Bertz CT molecular complexity index is 636. The maximum Gasteiger partial charge on any atom is 0.274 e. The molecule has 22 heavy (non-hydrogen) atoms. The van der Waals surface area contributed by atoms with Gasteiger partial charge in [-0.1, -0.05) is 6.07 Å². The van der Waals surface area contributed by atoms with Crippen LogP contribution in [0.2, 0.25) is 0 Å². The van der Waals surface area contributed by atoms with Crippen LogP contribution in [-0.4, -0.2) is 31.2 Å². The number of amides is 1. The third kappa shape index (κ3) is 4.56. The van der Waals surface area contributed by atoms with Gasteiger partial charge in [-0.05, 0) is 49.2 Å². The Balaban J connectivity index is 2.07. The lowest BCUT2D eigenvalue weighted by atomic mass is 10.1. The minimum absolute atomic E-state index is 0.222. The first-order valence-electron chi connectivity index (χ1n) is 7.17. The highest BCUT2D eigenvalue weighted by Crippen LogP contribution is 2.15. The smallest absolute Gasteiger partial charge is 0.274 e. The van der Waals surface area contributed by atoms with E-state index in [0.717, 1.165) is 22.5 Å². The van der Waals surface area contributed by atoms with Crippen molar-refractivity contribution in [1.82, 2.24) is 4.98 Å². The lowest BCUT2D eigenvalue weighted by molar-refractivity contribution is 0.102. The second-order valence-corrected chi connectivity index (χ2v) is 5.18. The highest BCUT2D eigenvalue weighted by molar-refractivity contribution is 6.03. The van der Waals surface area contributed by atoms with Crippen LogP contribution in [0.5, 0.6) is 0 Å². The third-order valence-corrected chi connectivity index (χ3v) is 3.11. The molecule has 0 bridgehead atoms. The number of benzene rings is 1. The predicted octanol–water partition coefficient (Wildman–Crippen LogP) is 3.01. The number of carbonyl (C=O) groups is 1. The van der Waals surface area contributed by atoms with Crippen LogP contribution in [0.4, 0.5) is 11.4 Å². The van der Waals surface area contributed by atoms with Crippen molar-refractivity contribution in [1.29, 1.82) is 0 Å². The number of pyridine rings is 1. The van der Waals surface area contributed by atoms with Gasteiger partial charge in [0.2, 0.25) is 0 Å². The van der Waals surface area contributed by atoms with Crippen LogP contribution >= 0.6 is 0 Å². The zero-order chi connectivity index (χ0) is 15.9. The molecule has 0 radical (unpaired) electrons. The van der Waals surface area contributed by atoms with Crippen LogP contribution < -0.4 is 10.6 Å². The topological polar surface area (TPSA) is 63.2 Å². The van der Waals surface area contributed by atoms with E-state index in [4.69, 9.17) is 4.74 Å². The molecule has 1 aromatic heterocycles. The number of hydrogen-bond acceptors (Lipinski definition) is 4. The van der Waals surface area contributed by atoms with Gasteiger partial charge >= 0.3 is 0 Å². The molecule has 1 amide bonds. The van der Waals surface area contributed by atoms with E-state index in [1.54, 1.807) is 19.4 Å². The van der Waals surface area contributed by atoms with Crippen LogP contribution in [0.3, 0.4) is 0 Å². The van der Waals surface area contributed by atoms with Gasteiger partial charge in [0.25, 0.3) is 5.91 Å². The van der Waals surface area contributed by atoms with Gasteiger partial charge in [0.1, 0.15) is 5.69 Å². The summed E-state index contributed by atoms with van der Waals surface area (Å²) in [6.45, 7) is 5.29. The van der Waals surface area contributed by atoms with Crippen LogP contribution in [0.15, 0.2) is 36.5 Å². The maximum absolute atomic E-state index is 12.3. The zero-order valence-corrected chi connectivity index (χ0v) is 13.1. The van der Waals surface area contributed by atoms with E-state index in [1.165, 1.54) is 0 Å². The second kappa shape index (κ2) is 7.56. The molecule has 0 unspecified atom stereocenters. The summed E-state index contributed by atoms with van der Waals surface area (Å²) in [5, 5.41) is 6.06. The number of nitrogens with one attached hydrogen (secondary N) is 2. The average Bonchev–Trinajstić information content (AvgIpc) is 2.47. The monoisotopic (exact) mass is 299 g/mol. The summed E-state index contributed by atoms with van der Waals surface area (Å²) in [5.41, 5.74) is 4.22. The summed E-state index contributed by atoms with van der Waals surface area (Å²) in [5.74, 6) is -0.222. The van der Waals surface area contributed by atoms with Crippen molar-refractivity contribution in [3.05, 3.63) is 53.3 Å². The van der Waals surface area contributed by atoms with Crippen LogP contribution in [0.25, 0.3) is 0 Å². The van der Waals surface area contributed by atoms with Gasteiger partial charge in [0.15, 0.2) is 0 Å². The number of nitrogens with zero attached hydrogens (tertiary/aromatic N) is 1. The van der Waals surface area contributed by atoms with Crippen molar-refractivity contribution in [3.63, 3.8) is 0 Å². The number of methoxy groups -OCH3 is 1. The number of rotatable bonds is 6. The van der Waals surface area contributed by atoms with E-state index in [2.05, 4.69) is 21.7 Å². The highest BCUT2D eigenvalue weighted by Gasteiger charge is 2.09. The largest absolute Gasteiger partial charge is 0.383 e. The molecule has 1 aromatic carbocycles. The summed E-state index contributed by atoms with van der Waals surface area (Å²) in [7, 11) is 1.65. The first kappa shape index (κ1) is 16.0. The quantitative estimate of drug-likeness (QED) is 0.805. The fraction of sp³-hybridized carbons (Fsp3) is 0.294. The number of aryl methyl sites for hydroxylation is 2. The van der Waals surface area contributed by atoms with E-state index >= 15 is 0 Å². The van der Waals surface area contributed by atoms with Gasteiger partial charge in [-0.3, -0.25) is 9.78 Å². The molecule has 0 atom stereocenters. The molecule has 0 saturated heterocycles. The number of ether oxygens (including phenoxy) is 1. The summed E-state index contributed by atoms with van der Waals surface area (Å²) in [6, 6.07) is 9.49. The van der Waals surface area contributed by atoms with E-state index in [1.807, 2.05) is 32.0 Å². The lowest BCUT2D eigenvalue weighted by Gasteiger charge is -2.09. The molecule has 0 saturated carbocycles. The SMILES string of the molecule is COCCNc1ccnc(C(=O)Nc2cc(C)cc(C)c2)c1. The molecule has 0 aliphatic carbocycles. The highest BCUT2D eigenvalue weighted by atomic mass is 16.5. The Morgan fingerprint density at radius 3 is 2.55 bits per heavy atom. The van der Waals surface area contributed by atoms with Crippen LogP contribution in [-0.2, 0) is 4.74 Å². The van der Waals surface area contributed by atoms with Gasteiger partial charge in [-0.15, -0.1) is 0 Å². The average molecular weight is 299 g/mol.